The van der Waals surface area contributed by atoms with Crippen LogP contribution >= 0.6 is 0 Å². The number of halogens is 1. The topological polar surface area (TPSA) is 42.9 Å². The highest BCUT2D eigenvalue weighted by Gasteiger charge is 2.21. The lowest BCUT2D eigenvalue weighted by Crippen LogP contribution is -3.00. The molecule has 0 heterocycles. The van der Waals surface area contributed by atoms with Crippen molar-refractivity contribution in [2.75, 3.05) is 0 Å². The fourth-order valence-electron chi connectivity index (χ4n) is 3.68. The summed E-state index contributed by atoms with van der Waals surface area (Å²) in [5, 5.41) is 2.18. The highest BCUT2D eigenvalue weighted by molar-refractivity contribution is 5.99. The Hall–Kier alpha value is -2.62. The van der Waals surface area contributed by atoms with Crippen LogP contribution in [-0.2, 0) is 13.0 Å². The van der Waals surface area contributed by atoms with Crippen molar-refractivity contribution in [2.24, 2.45) is 0 Å². The van der Waals surface area contributed by atoms with E-state index in [1.807, 2.05) is 68.4 Å². The molecule has 31 heavy (non-hydrogen) atoms. The van der Waals surface area contributed by atoms with Crippen molar-refractivity contribution in [3.8, 4) is 5.75 Å². The zero-order chi connectivity index (χ0) is 21.3. The quantitative estimate of drug-likeness (QED) is 0.491. The third-order valence-corrected chi connectivity index (χ3v) is 5.46. The molecule has 2 atom stereocenters. The Morgan fingerprint density at radius 1 is 0.903 bits per heavy atom. The zero-order valence-electron chi connectivity index (χ0n) is 18.6. The van der Waals surface area contributed by atoms with Gasteiger partial charge in [0.25, 0.3) is 0 Å². The Bertz CT molecular complexity index is 944. The van der Waals surface area contributed by atoms with Crippen LogP contribution in [-0.4, -0.2) is 17.9 Å². The van der Waals surface area contributed by atoms with Gasteiger partial charge in [0.15, 0.2) is 0 Å². The van der Waals surface area contributed by atoms with Crippen LogP contribution in [0.3, 0.4) is 0 Å². The molecule has 164 valence electrons. The van der Waals surface area contributed by atoms with Gasteiger partial charge in [0.05, 0.1) is 6.04 Å². The smallest absolute Gasteiger partial charge is 0.219 e. The second-order valence-corrected chi connectivity index (χ2v) is 8.10. The molecule has 0 radical (unpaired) electrons. The highest BCUT2D eigenvalue weighted by atomic mass is 35.5. The number of hydrogen-bond donors (Lipinski definition) is 1. The summed E-state index contributed by atoms with van der Waals surface area (Å²) in [5.74, 6) is 0.988. The largest absolute Gasteiger partial charge is 1.00 e. The molecule has 2 unspecified atom stereocenters. The maximum Gasteiger partial charge on any atom is 0.219 e. The third kappa shape index (κ3) is 7.54. The summed E-state index contributed by atoms with van der Waals surface area (Å²) in [6, 6.07) is 26.6. The van der Waals surface area contributed by atoms with Gasteiger partial charge in [0.2, 0.25) is 5.78 Å². The number of Topliss-reactive ketones (excluding diaryl/α,β-unsaturated/α-hetero) is 1. The first-order valence-electron chi connectivity index (χ1n) is 10.7. The van der Waals surface area contributed by atoms with Crippen LogP contribution in [0.2, 0.25) is 0 Å². The molecule has 0 saturated heterocycles. The van der Waals surface area contributed by atoms with E-state index in [1.165, 1.54) is 5.56 Å². The van der Waals surface area contributed by atoms with Crippen molar-refractivity contribution in [1.29, 1.82) is 0 Å². The van der Waals surface area contributed by atoms with E-state index >= 15 is 0 Å². The first kappa shape index (κ1) is 24.6. The number of quaternary nitrogens is 1. The SMILES string of the molecule is Cc1cc(C(=O)C(C)[NH2+]C(C)CCc2ccccc2)ccc1OCc1ccccc1.[Cl-]. The molecular formula is C27H32ClNO2. The maximum atomic E-state index is 12.9. The van der Waals surface area contributed by atoms with Crippen LogP contribution in [0, 0.1) is 6.92 Å². The Morgan fingerprint density at radius 2 is 1.52 bits per heavy atom. The molecule has 0 aliphatic carbocycles. The van der Waals surface area contributed by atoms with E-state index < -0.39 is 0 Å². The zero-order valence-corrected chi connectivity index (χ0v) is 19.3. The second kappa shape index (κ2) is 12.3. The normalized spacial score (nSPS) is 12.5. The van der Waals surface area contributed by atoms with Gasteiger partial charge in [-0.3, -0.25) is 4.79 Å². The molecular weight excluding hydrogens is 406 g/mol. The lowest BCUT2D eigenvalue weighted by atomic mass is 10.0. The van der Waals surface area contributed by atoms with E-state index in [2.05, 4.69) is 36.5 Å². The molecule has 0 amide bonds. The van der Waals surface area contributed by atoms with Crippen molar-refractivity contribution in [3.63, 3.8) is 0 Å². The molecule has 0 saturated carbocycles. The van der Waals surface area contributed by atoms with Gasteiger partial charge in [0.1, 0.15) is 18.4 Å². The van der Waals surface area contributed by atoms with Gasteiger partial charge in [-0.2, -0.15) is 0 Å². The number of carbonyl (C=O) groups excluding carboxylic acids is 1. The van der Waals surface area contributed by atoms with E-state index in [9.17, 15) is 4.79 Å². The predicted octanol–water partition coefficient (Wildman–Crippen LogP) is 1.73. The van der Waals surface area contributed by atoms with Gasteiger partial charge in [-0.05, 0) is 62.1 Å². The number of ether oxygens (including phenoxy) is 1. The molecule has 0 bridgehead atoms. The van der Waals surface area contributed by atoms with Gasteiger partial charge in [-0.1, -0.05) is 60.7 Å². The first-order valence-corrected chi connectivity index (χ1v) is 10.7. The third-order valence-electron chi connectivity index (χ3n) is 5.46. The molecule has 3 aromatic rings. The Morgan fingerprint density at radius 3 is 2.13 bits per heavy atom. The lowest BCUT2D eigenvalue weighted by Gasteiger charge is -2.17. The Labute approximate surface area is 192 Å². The molecule has 0 fully saturated rings. The molecule has 3 aromatic carbocycles. The fraction of sp³-hybridized carbons (Fsp3) is 0.296. The summed E-state index contributed by atoms with van der Waals surface area (Å²) in [6.07, 6.45) is 2.08. The summed E-state index contributed by atoms with van der Waals surface area (Å²) in [7, 11) is 0. The van der Waals surface area contributed by atoms with E-state index in [1.54, 1.807) is 0 Å². The van der Waals surface area contributed by atoms with Crippen LogP contribution in [0.1, 0.15) is 47.3 Å². The first-order chi connectivity index (χ1) is 14.5. The minimum absolute atomic E-state index is 0. The minimum atomic E-state index is -0.105. The highest BCUT2D eigenvalue weighted by Crippen LogP contribution is 2.21. The van der Waals surface area contributed by atoms with Gasteiger partial charge < -0.3 is 22.5 Å². The van der Waals surface area contributed by atoms with Crippen LogP contribution in [0.25, 0.3) is 0 Å². The number of nitrogens with two attached hydrogens (primary N) is 1. The van der Waals surface area contributed by atoms with Gasteiger partial charge >= 0.3 is 0 Å². The molecule has 0 aliphatic heterocycles. The fourth-order valence-corrected chi connectivity index (χ4v) is 3.68. The summed E-state index contributed by atoms with van der Waals surface area (Å²) < 4.78 is 5.94. The lowest BCUT2D eigenvalue weighted by molar-refractivity contribution is -0.703. The number of aryl methyl sites for hydroxylation is 2. The van der Waals surface area contributed by atoms with Gasteiger partial charge in [-0.15, -0.1) is 0 Å². The van der Waals surface area contributed by atoms with Crippen molar-refractivity contribution in [3.05, 3.63) is 101 Å². The van der Waals surface area contributed by atoms with Crippen molar-refractivity contribution >= 4 is 5.78 Å². The van der Waals surface area contributed by atoms with Crippen molar-refractivity contribution in [2.45, 2.75) is 52.3 Å². The van der Waals surface area contributed by atoms with E-state index in [0.29, 0.717) is 12.6 Å². The summed E-state index contributed by atoms with van der Waals surface area (Å²) in [6.45, 7) is 6.71. The Balaban J connectivity index is 0.00000341. The predicted molar refractivity (Wildman–Crippen MR) is 122 cm³/mol. The number of hydrogen-bond acceptors (Lipinski definition) is 2. The van der Waals surface area contributed by atoms with Gasteiger partial charge in [-0.25, -0.2) is 0 Å². The second-order valence-electron chi connectivity index (χ2n) is 8.10. The maximum absolute atomic E-state index is 12.9. The van der Waals surface area contributed by atoms with Crippen LogP contribution in [0.5, 0.6) is 5.75 Å². The van der Waals surface area contributed by atoms with Crippen LogP contribution in [0.4, 0.5) is 0 Å². The molecule has 3 nitrogen and oxygen atoms in total. The number of benzene rings is 3. The summed E-state index contributed by atoms with van der Waals surface area (Å²) in [5.41, 5.74) is 4.21. The number of rotatable bonds is 10. The molecule has 0 spiro atoms. The minimum Gasteiger partial charge on any atom is -1.00 e. The average Bonchev–Trinajstić information content (AvgIpc) is 2.77. The monoisotopic (exact) mass is 437 g/mol. The van der Waals surface area contributed by atoms with E-state index in [-0.39, 0.29) is 24.2 Å². The molecule has 4 heteroatoms. The van der Waals surface area contributed by atoms with Crippen LogP contribution in [0.15, 0.2) is 78.9 Å². The molecule has 2 N–H and O–H groups in total. The Kier molecular flexibility index (Phi) is 9.77. The summed E-state index contributed by atoms with van der Waals surface area (Å²) >= 11 is 0. The van der Waals surface area contributed by atoms with Crippen LogP contribution < -0.4 is 22.5 Å². The van der Waals surface area contributed by atoms with Gasteiger partial charge in [0, 0.05) is 12.0 Å². The van der Waals surface area contributed by atoms with Crippen molar-refractivity contribution in [1.82, 2.24) is 0 Å². The number of ketones is 1. The molecule has 3 rings (SSSR count). The van der Waals surface area contributed by atoms with Crippen molar-refractivity contribution < 1.29 is 27.3 Å². The molecule has 0 aliphatic rings. The van der Waals surface area contributed by atoms with E-state index in [0.717, 1.165) is 35.3 Å². The summed E-state index contributed by atoms with van der Waals surface area (Å²) in [4.78, 5) is 12.9. The standard InChI is InChI=1S/C27H31NO2.ClH/c1-20-18-25(16-17-26(20)30-19-24-12-8-5-9-13-24)27(29)22(3)28-21(2)14-15-23-10-6-4-7-11-23;/h4-13,16-18,21-22,28H,14-15,19H2,1-3H3;1H. The molecule has 0 aromatic heterocycles. The average molecular weight is 438 g/mol. The van der Waals surface area contributed by atoms with E-state index in [4.69, 9.17) is 4.74 Å². The number of carbonyl (C=O) groups is 1.